The van der Waals surface area contributed by atoms with E-state index in [9.17, 15) is 13.2 Å². The third kappa shape index (κ3) is 5.31. The minimum absolute atomic E-state index is 0.0163. The molecule has 0 atom stereocenters. The predicted octanol–water partition coefficient (Wildman–Crippen LogP) is 7.29. The number of carbonyl (C=O) groups is 1. The minimum atomic E-state index is -4.18. The number of nitrogens with one attached hydrogen (secondary N) is 1. The van der Waals surface area contributed by atoms with Crippen molar-refractivity contribution in [2.24, 2.45) is 0 Å². The van der Waals surface area contributed by atoms with Crippen molar-refractivity contribution in [3.63, 3.8) is 0 Å². The van der Waals surface area contributed by atoms with Gasteiger partial charge in [0, 0.05) is 16.8 Å². The van der Waals surface area contributed by atoms with Crippen molar-refractivity contribution in [2.75, 3.05) is 16.2 Å². The van der Waals surface area contributed by atoms with Gasteiger partial charge in [0.1, 0.15) is 4.90 Å². The second-order valence-electron chi connectivity index (χ2n) is 7.79. The lowest BCUT2D eigenvalue weighted by Crippen LogP contribution is -2.32. The molecule has 5 nitrogen and oxygen atoms in total. The fourth-order valence-electron chi connectivity index (χ4n) is 3.71. The number of amides is 1. The highest BCUT2D eigenvalue weighted by Crippen LogP contribution is 2.34. The maximum Gasteiger partial charge on any atom is 0.266 e. The van der Waals surface area contributed by atoms with Crippen LogP contribution in [0.3, 0.4) is 0 Å². The second kappa shape index (κ2) is 11.0. The summed E-state index contributed by atoms with van der Waals surface area (Å²) in [5.74, 6) is -0.473. The van der Waals surface area contributed by atoms with E-state index in [4.69, 9.17) is 23.2 Å². The lowest BCUT2D eigenvalue weighted by atomic mass is 10.0. The summed E-state index contributed by atoms with van der Waals surface area (Å²) in [7, 11) is -4.18. The number of anilines is 2. The summed E-state index contributed by atoms with van der Waals surface area (Å²) in [6, 6.07) is 27.7. The number of hydrogen-bond donors (Lipinski definition) is 1. The monoisotopic (exact) mass is 536 g/mol. The molecule has 1 amide bonds. The summed E-state index contributed by atoms with van der Waals surface area (Å²) < 4.78 is 28.4. The molecule has 0 saturated carbocycles. The van der Waals surface area contributed by atoms with Gasteiger partial charge in [-0.25, -0.2) is 8.42 Å². The molecule has 0 spiro atoms. The Balaban J connectivity index is 1.71. The van der Waals surface area contributed by atoms with Gasteiger partial charge in [0.2, 0.25) is 0 Å². The minimum Gasteiger partial charge on any atom is -0.321 e. The molecule has 8 heteroatoms. The number of nitrogens with zero attached hydrogens (tertiary/aromatic N) is 1. The number of carbonyl (C=O) groups excluding carboxylic acids is 1. The van der Waals surface area contributed by atoms with E-state index in [0.29, 0.717) is 5.69 Å². The van der Waals surface area contributed by atoms with Crippen LogP contribution in [-0.2, 0) is 10.0 Å². The Morgan fingerprint density at radius 3 is 2.25 bits per heavy atom. The molecule has 182 valence electrons. The molecular weight excluding hydrogens is 515 g/mol. The van der Waals surface area contributed by atoms with Gasteiger partial charge in [-0.05, 0) is 42.0 Å². The highest BCUT2D eigenvalue weighted by atomic mass is 35.5. The summed E-state index contributed by atoms with van der Waals surface area (Å²) in [6.45, 7) is 3.63. The highest BCUT2D eigenvalue weighted by molar-refractivity contribution is 7.93. The largest absolute Gasteiger partial charge is 0.321 e. The SMILES string of the molecule is C=CCN(c1ccccc1Cl)S(=O)(=O)c1cc(C(=O)Nc2ccccc2-c2ccccc2)ccc1Cl. The molecule has 0 aliphatic carbocycles. The van der Waals surface area contributed by atoms with Gasteiger partial charge in [-0.2, -0.15) is 0 Å². The van der Waals surface area contributed by atoms with Crippen LogP contribution in [0, 0.1) is 0 Å². The molecule has 0 fully saturated rings. The van der Waals surface area contributed by atoms with E-state index in [1.54, 1.807) is 30.3 Å². The van der Waals surface area contributed by atoms with Crippen molar-refractivity contribution in [1.29, 1.82) is 0 Å². The van der Waals surface area contributed by atoms with Gasteiger partial charge in [-0.3, -0.25) is 9.10 Å². The lowest BCUT2D eigenvalue weighted by molar-refractivity contribution is 0.102. The van der Waals surface area contributed by atoms with Gasteiger partial charge in [0.05, 0.1) is 22.3 Å². The van der Waals surface area contributed by atoms with E-state index in [2.05, 4.69) is 11.9 Å². The molecule has 4 rings (SSSR count). The van der Waals surface area contributed by atoms with E-state index in [1.165, 1.54) is 24.3 Å². The molecule has 0 aromatic heterocycles. The predicted molar refractivity (Wildman–Crippen MR) is 147 cm³/mol. The molecule has 4 aromatic carbocycles. The van der Waals surface area contributed by atoms with Crippen molar-refractivity contribution in [3.05, 3.63) is 125 Å². The van der Waals surface area contributed by atoms with Crippen LogP contribution in [0.1, 0.15) is 10.4 Å². The average molecular weight is 537 g/mol. The second-order valence-corrected chi connectivity index (χ2v) is 10.4. The van der Waals surface area contributed by atoms with Crippen LogP contribution in [-0.4, -0.2) is 20.9 Å². The van der Waals surface area contributed by atoms with E-state index in [0.717, 1.165) is 15.4 Å². The molecule has 36 heavy (non-hydrogen) atoms. The molecule has 0 radical (unpaired) electrons. The number of halogens is 2. The Hall–Kier alpha value is -3.58. The van der Waals surface area contributed by atoms with Crippen LogP contribution < -0.4 is 9.62 Å². The van der Waals surface area contributed by atoms with Crippen LogP contribution in [0.4, 0.5) is 11.4 Å². The summed E-state index contributed by atoms with van der Waals surface area (Å²) in [5.41, 5.74) is 2.79. The van der Waals surface area contributed by atoms with Crippen LogP contribution in [0.2, 0.25) is 10.0 Å². The summed E-state index contributed by atoms with van der Waals surface area (Å²) in [5, 5.41) is 3.13. The third-order valence-corrected chi connectivity index (χ3v) is 8.02. The Kier molecular flexibility index (Phi) is 7.79. The zero-order valence-corrected chi connectivity index (χ0v) is 21.4. The quantitative estimate of drug-likeness (QED) is 0.240. The Morgan fingerprint density at radius 1 is 0.861 bits per heavy atom. The van der Waals surface area contributed by atoms with E-state index in [1.807, 2.05) is 48.5 Å². The van der Waals surface area contributed by atoms with Crippen LogP contribution in [0.25, 0.3) is 11.1 Å². The normalized spacial score (nSPS) is 11.1. The fraction of sp³-hybridized carbons (Fsp3) is 0.0357. The van der Waals surface area contributed by atoms with E-state index >= 15 is 0 Å². The van der Waals surface area contributed by atoms with Crippen LogP contribution in [0.5, 0.6) is 0 Å². The molecule has 4 aromatic rings. The maximum absolute atomic E-state index is 13.7. The number of hydrogen-bond acceptors (Lipinski definition) is 3. The highest BCUT2D eigenvalue weighted by Gasteiger charge is 2.29. The summed E-state index contributed by atoms with van der Waals surface area (Å²) in [6.07, 6.45) is 1.45. The standard InChI is InChI=1S/C28H22Cl2N2O3S/c1-2-18-32(26-15-9-7-13-23(26)29)36(34,35)27-19-21(16-17-24(27)30)28(33)31-25-14-8-6-12-22(25)20-10-4-3-5-11-20/h2-17,19H,1,18H2,(H,31,33). The molecule has 0 aliphatic heterocycles. The molecule has 0 aliphatic rings. The van der Waals surface area contributed by atoms with Crippen molar-refractivity contribution < 1.29 is 13.2 Å². The molecule has 1 N–H and O–H groups in total. The zero-order valence-electron chi connectivity index (χ0n) is 19.1. The molecular formula is C28H22Cl2N2O3S. The van der Waals surface area contributed by atoms with Gasteiger partial charge in [-0.15, -0.1) is 6.58 Å². The number of benzene rings is 4. The average Bonchev–Trinajstić information content (AvgIpc) is 2.88. The Labute approximate surface area is 220 Å². The molecule has 0 heterocycles. The van der Waals surface area contributed by atoms with Crippen molar-refractivity contribution >= 4 is 50.5 Å². The van der Waals surface area contributed by atoms with Crippen molar-refractivity contribution in [3.8, 4) is 11.1 Å². The van der Waals surface area contributed by atoms with E-state index in [-0.39, 0.29) is 32.7 Å². The smallest absolute Gasteiger partial charge is 0.266 e. The van der Waals surface area contributed by atoms with Gasteiger partial charge in [0.25, 0.3) is 15.9 Å². The van der Waals surface area contributed by atoms with Gasteiger partial charge < -0.3 is 5.32 Å². The Bertz CT molecular complexity index is 1520. The zero-order chi connectivity index (χ0) is 25.7. The first-order valence-electron chi connectivity index (χ1n) is 11.0. The van der Waals surface area contributed by atoms with Gasteiger partial charge in [0.15, 0.2) is 0 Å². The van der Waals surface area contributed by atoms with Crippen molar-refractivity contribution in [2.45, 2.75) is 4.90 Å². The van der Waals surface area contributed by atoms with E-state index < -0.39 is 15.9 Å². The topological polar surface area (TPSA) is 66.5 Å². The van der Waals surface area contributed by atoms with Crippen LogP contribution >= 0.6 is 23.2 Å². The lowest BCUT2D eigenvalue weighted by Gasteiger charge is -2.24. The Morgan fingerprint density at radius 2 is 1.53 bits per heavy atom. The first kappa shape index (κ1) is 25.5. The first-order chi connectivity index (χ1) is 17.3. The number of para-hydroxylation sites is 2. The first-order valence-corrected chi connectivity index (χ1v) is 13.2. The van der Waals surface area contributed by atoms with Crippen LogP contribution in [0.15, 0.2) is 115 Å². The number of sulfonamides is 1. The van der Waals surface area contributed by atoms with Gasteiger partial charge in [-0.1, -0.05) is 89.9 Å². The summed E-state index contributed by atoms with van der Waals surface area (Å²) in [4.78, 5) is 13.0. The molecule has 0 bridgehead atoms. The van der Waals surface area contributed by atoms with Gasteiger partial charge >= 0.3 is 0 Å². The molecule has 0 saturated heterocycles. The fourth-order valence-corrected chi connectivity index (χ4v) is 5.96. The van der Waals surface area contributed by atoms with Crippen molar-refractivity contribution in [1.82, 2.24) is 0 Å². The summed E-state index contributed by atoms with van der Waals surface area (Å²) >= 11 is 12.6. The maximum atomic E-state index is 13.7. The molecule has 0 unspecified atom stereocenters. The number of rotatable bonds is 8. The third-order valence-electron chi connectivity index (χ3n) is 5.44.